The number of hydrogen-bond acceptors (Lipinski definition) is 4. The van der Waals surface area contributed by atoms with Crippen LogP contribution in [0.4, 0.5) is 4.39 Å². The number of allylic oxidation sites excluding steroid dienone is 1. The summed E-state index contributed by atoms with van der Waals surface area (Å²) in [5.74, 6) is 0.330. The maximum Gasteiger partial charge on any atom is 0.271 e. The minimum Gasteiger partial charge on any atom is -0.486 e. The molecule has 9 heteroatoms. The SMILES string of the molecule is O=c1/c(=C\c2cc(Br)c(OCc3ccccc3Cl)c(Br)c2)sc2n1[C@H](c1ccc(F)cc1)C1=C(N=2)c2ccccc2CC1. The van der Waals surface area contributed by atoms with E-state index in [0.717, 1.165) is 55.3 Å². The summed E-state index contributed by atoms with van der Waals surface area (Å²) in [6.07, 6.45) is 3.51. The smallest absolute Gasteiger partial charge is 0.271 e. The molecule has 43 heavy (non-hydrogen) atoms. The Hall–Kier alpha value is -3.30. The lowest BCUT2D eigenvalue weighted by Crippen LogP contribution is -2.38. The van der Waals surface area contributed by atoms with Gasteiger partial charge in [-0.3, -0.25) is 9.36 Å². The Morgan fingerprint density at radius 2 is 1.72 bits per heavy atom. The molecular weight excluding hydrogens is 715 g/mol. The van der Waals surface area contributed by atoms with Crippen LogP contribution in [0.5, 0.6) is 5.75 Å². The molecule has 1 aromatic heterocycles. The van der Waals surface area contributed by atoms with Gasteiger partial charge in [0.1, 0.15) is 18.2 Å². The van der Waals surface area contributed by atoms with Crippen molar-refractivity contribution in [3.63, 3.8) is 0 Å². The van der Waals surface area contributed by atoms with Crippen LogP contribution in [-0.4, -0.2) is 4.57 Å². The highest BCUT2D eigenvalue weighted by molar-refractivity contribution is 9.11. The molecule has 4 nitrogen and oxygen atoms in total. The molecule has 4 aromatic carbocycles. The van der Waals surface area contributed by atoms with Gasteiger partial charge >= 0.3 is 0 Å². The fourth-order valence-corrected chi connectivity index (χ4v) is 8.33. The molecule has 0 radical (unpaired) electrons. The molecule has 0 spiro atoms. The quantitative estimate of drug-likeness (QED) is 0.183. The van der Waals surface area contributed by atoms with Gasteiger partial charge in [-0.15, -0.1) is 0 Å². The average molecular weight is 737 g/mol. The van der Waals surface area contributed by atoms with Crippen molar-refractivity contribution < 1.29 is 9.13 Å². The van der Waals surface area contributed by atoms with Crippen molar-refractivity contribution in [2.45, 2.75) is 25.5 Å². The van der Waals surface area contributed by atoms with Crippen LogP contribution in [0.15, 0.2) is 109 Å². The minimum absolute atomic E-state index is 0.130. The van der Waals surface area contributed by atoms with Gasteiger partial charge in [-0.2, -0.15) is 0 Å². The number of fused-ring (bicyclic) bond motifs is 3. The molecule has 0 saturated carbocycles. The summed E-state index contributed by atoms with van der Waals surface area (Å²) in [7, 11) is 0. The second-order valence-corrected chi connectivity index (χ2v) is 13.5. The van der Waals surface area contributed by atoms with E-state index in [-0.39, 0.29) is 17.4 Å². The molecule has 7 rings (SSSR count). The molecule has 1 atom stereocenters. The standard InChI is InChI=1S/C34H22Br2ClFN2O2S/c35-26-15-19(16-27(36)32(26)42-18-22-6-2-4-8-28(22)37)17-29-33(41)40-31(21-9-12-23(38)13-10-21)25-14-11-20-5-1-3-7-24(20)30(25)39-34(40)43-29/h1-10,12-13,15-17,31H,11,14,18H2/b29-17+/t31-/m1/s1. The lowest BCUT2D eigenvalue weighted by molar-refractivity contribution is 0.302. The highest BCUT2D eigenvalue weighted by atomic mass is 79.9. The van der Waals surface area contributed by atoms with E-state index in [4.69, 9.17) is 21.3 Å². The van der Waals surface area contributed by atoms with Crippen LogP contribution < -0.4 is 19.6 Å². The van der Waals surface area contributed by atoms with E-state index < -0.39 is 0 Å². The number of aromatic nitrogens is 1. The molecule has 5 aromatic rings. The number of benzene rings is 4. The largest absolute Gasteiger partial charge is 0.486 e. The van der Waals surface area contributed by atoms with Crippen molar-refractivity contribution in [3.8, 4) is 5.75 Å². The molecule has 0 saturated heterocycles. The Labute approximate surface area is 272 Å². The van der Waals surface area contributed by atoms with Crippen molar-refractivity contribution in [3.05, 3.63) is 158 Å². The number of nitrogens with zero attached hydrogens (tertiary/aromatic N) is 2. The number of halogens is 4. The summed E-state index contributed by atoms with van der Waals surface area (Å²) in [5.41, 5.74) is 6.76. The highest BCUT2D eigenvalue weighted by Crippen LogP contribution is 2.41. The van der Waals surface area contributed by atoms with E-state index in [1.807, 2.05) is 54.6 Å². The van der Waals surface area contributed by atoms with Gasteiger partial charge in [0.2, 0.25) is 0 Å². The predicted octanol–water partition coefficient (Wildman–Crippen LogP) is 8.22. The van der Waals surface area contributed by atoms with Crippen LogP contribution in [0, 0.1) is 5.82 Å². The molecule has 2 aliphatic rings. The number of ether oxygens (including phenoxy) is 1. The Morgan fingerprint density at radius 1 is 1.00 bits per heavy atom. The van der Waals surface area contributed by atoms with Crippen molar-refractivity contribution in [2.24, 2.45) is 4.99 Å². The molecule has 0 fully saturated rings. The maximum atomic E-state index is 14.0. The summed E-state index contributed by atoms with van der Waals surface area (Å²) >= 11 is 14.9. The van der Waals surface area contributed by atoms with Crippen LogP contribution in [0.3, 0.4) is 0 Å². The minimum atomic E-state index is -0.360. The average Bonchev–Trinajstić information content (AvgIpc) is 3.31. The summed E-state index contributed by atoms with van der Waals surface area (Å²) in [4.78, 5) is 19.7. The Bertz CT molecular complexity index is 2100. The molecule has 1 aliphatic carbocycles. The molecule has 1 aliphatic heterocycles. The van der Waals surface area contributed by atoms with Crippen molar-refractivity contribution in [1.29, 1.82) is 0 Å². The van der Waals surface area contributed by atoms with Crippen LogP contribution >= 0.6 is 54.8 Å². The van der Waals surface area contributed by atoms with Crippen LogP contribution in [-0.2, 0) is 13.0 Å². The molecule has 0 amide bonds. The van der Waals surface area contributed by atoms with Gasteiger partial charge in [0, 0.05) is 16.1 Å². The Kier molecular flexibility index (Phi) is 7.72. The molecule has 0 bridgehead atoms. The van der Waals surface area contributed by atoms with E-state index in [9.17, 15) is 9.18 Å². The zero-order valence-corrected chi connectivity index (χ0v) is 27.2. The van der Waals surface area contributed by atoms with Gasteiger partial charge in [-0.1, -0.05) is 77.5 Å². The first-order valence-corrected chi connectivity index (χ1v) is 16.4. The third kappa shape index (κ3) is 5.35. The van der Waals surface area contributed by atoms with Gasteiger partial charge in [0.05, 0.1) is 25.2 Å². The summed E-state index contributed by atoms with van der Waals surface area (Å²) in [6.45, 7) is 0.312. The fourth-order valence-electron chi connectivity index (χ4n) is 5.68. The van der Waals surface area contributed by atoms with Crippen LogP contribution in [0.25, 0.3) is 11.8 Å². The summed E-state index contributed by atoms with van der Waals surface area (Å²) in [6, 6.07) is 25.8. The predicted molar refractivity (Wildman–Crippen MR) is 177 cm³/mol. The molecule has 2 heterocycles. The molecule has 214 valence electrons. The topological polar surface area (TPSA) is 43.6 Å². The zero-order chi connectivity index (χ0) is 29.7. The fraction of sp³-hybridized carbons (Fsp3) is 0.118. The van der Waals surface area contributed by atoms with Crippen LogP contribution in [0.1, 0.15) is 40.3 Å². The maximum absolute atomic E-state index is 14.0. The first-order chi connectivity index (χ1) is 20.9. The number of thiazole rings is 1. The lowest BCUT2D eigenvalue weighted by atomic mass is 9.83. The van der Waals surface area contributed by atoms with E-state index in [0.29, 0.717) is 26.7 Å². The van der Waals surface area contributed by atoms with Crippen molar-refractivity contribution >= 4 is 66.6 Å². The van der Waals surface area contributed by atoms with Crippen molar-refractivity contribution in [2.75, 3.05) is 0 Å². The second-order valence-electron chi connectivity index (χ2n) is 10.4. The molecular formula is C34H22Br2ClFN2O2S. The van der Waals surface area contributed by atoms with Crippen LogP contribution in [0.2, 0.25) is 5.02 Å². The van der Waals surface area contributed by atoms with E-state index in [2.05, 4.69) is 44.0 Å². The Morgan fingerprint density at radius 3 is 2.49 bits per heavy atom. The monoisotopic (exact) mass is 734 g/mol. The highest BCUT2D eigenvalue weighted by Gasteiger charge is 2.32. The van der Waals surface area contributed by atoms with Gasteiger partial charge in [-0.25, -0.2) is 9.38 Å². The number of hydrogen-bond donors (Lipinski definition) is 0. The van der Waals surface area contributed by atoms with E-state index in [1.54, 1.807) is 16.7 Å². The van der Waals surface area contributed by atoms with Gasteiger partial charge in [0.15, 0.2) is 4.80 Å². The summed E-state index contributed by atoms with van der Waals surface area (Å²) in [5, 5.41) is 0.644. The van der Waals surface area contributed by atoms with E-state index >= 15 is 0 Å². The number of aryl methyl sites for hydroxylation is 1. The summed E-state index contributed by atoms with van der Waals surface area (Å²) < 4.78 is 23.8. The lowest BCUT2D eigenvalue weighted by Gasteiger charge is -2.30. The zero-order valence-electron chi connectivity index (χ0n) is 22.5. The normalized spacial score (nSPS) is 15.9. The van der Waals surface area contributed by atoms with Gasteiger partial charge < -0.3 is 4.74 Å². The van der Waals surface area contributed by atoms with Crippen molar-refractivity contribution in [1.82, 2.24) is 4.57 Å². The van der Waals surface area contributed by atoms with E-state index in [1.165, 1.54) is 29.0 Å². The third-order valence-electron chi connectivity index (χ3n) is 7.71. The molecule has 0 N–H and O–H groups in total. The first-order valence-electron chi connectivity index (χ1n) is 13.6. The second kappa shape index (κ2) is 11.7. The molecule has 0 unspecified atom stereocenters. The third-order valence-corrected chi connectivity index (χ3v) is 10.2. The number of rotatable bonds is 5. The van der Waals surface area contributed by atoms with Gasteiger partial charge in [0.25, 0.3) is 5.56 Å². The first kappa shape index (κ1) is 28.5. The van der Waals surface area contributed by atoms with Gasteiger partial charge in [-0.05, 0) is 103 Å². The Balaban J connectivity index is 1.32.